The molecule has 0 aliphatic rings. The predicted molar refractivity (Wildman–Crippen MR) is 86.2 cm³/mol. The minimum absolute atomic E-state index is 0.0736. The fourth-order valence-electron chi connectivity index (χ4n) is 2.05. The number of aliphatic hydroxyl groups excluding tert-OH is 1. The lowest BCUT2D eigenvalue weighted by Crippen LogP contribution is -2.27. The van der Waals surface area contributed by atoms with Crippen molar-refractivity contribution in [3.05, 3.63) is 70.3 Å². The second-order valence-corrected chi connectivity index (χ2v) is 5.83. The maximum atomic E-state index is 11.7. The molecule has 2 aromatic carbocycles. The Bertz CT molecular complexity index is 692. The van der Waals surface area contributed by atoms with Gasteiger partial charge < -0.3 is 9.84 Å². The second kappa shape index (κ2) is 7.75. The highest BCUT2D eigenvalue weighted by molar-refractivity contribution is 7.99. The van der Waals surface area contributed by atoms with Crippen LogP contribution in [-0.2, 0) is 9.53 Å². The van der Waals surface area contributed by atoms with Crippen molar-refractivity contribution in [1.82, 2.24) is 0 Å². The number of carbonyl (C=O) groups is 1. The van der Waals surface area contributed by atoms with Crippen molar-refractivity contribution in [1.29, 1.82) is 0 Å². The van der Waals surface area contributed by atoms with Gasteiger partial charge in [0, 0.05) is 6.07 Å². The topological polar surface area (TPSA) is 89.7 Å². The maximum Gasteiger partial charge on any atom is 0.336 e. The molecule has 120 valence electrons. The van der Waals surface area contributed by atoms with E-state index in [2.05, 4.69) is 4.74 Å². The monoisotopic (exact) mass is 333 g/mol. The van der Waals surface area contributed by atoms with E-state index in [1.54, 1.807) is 48.5 Å². The van der Waals surface area contributed by atoms with E-state index in [0.717, 1.165) is 11.8 Å². The van der Waals surface area contributed by atoms with Crippen LogP contribution in [0.5, 0.6) is 0 Å². The van der Waals surface area contributed by atoms with E-state index in [-0.39, 0.29) is 5.69 Å². The SMILES string of the molecule is COC(=O)C(O)C(Sc1ccccc1[N+](=O)[O-])c1ccccc1. The third-order valence-corrected chi connectivity index (χ3v) is 4.56. The lowest BCUT2D eigenvalue weighted by atomic mass is 10.1. The molecule has 7 heteroatoms. The maximum absolute atomic E-state index is 11.7. The van der Waals surface area contributed by atoms with E-state index < -0.39 is 22.2 Å². The molecule has 0 amide bonds. The van der Waals surface area contributed by atoms with Crippen molar-refractivity contribution in [2.45, 2.75) is 16.2 Å². The first-order valence-electron chi connectivity index (χ1n) is 6.75. The Labute approximate surface area is 137 Å². The first kappa shape index (κ1) is 17.0. The Hall–Kier alpha value is -2.38. The molecule has 23 heavy (non-hydrogen) atoms. The van der Waals surface area contributed by atoms with E-state index in [1.165, 1.54) is 13.2 Å². The van der Waals surface area contributed by atoms with Gasteiger partial charge in [0.25, 0.3) is 5.69 Å². The summed E-state index contributed by atoms with van der Waals surface area (Å²) in [7, 11) is 1.18. The Morgan fingerprint density at radius 2 is 1.78 bits per heavy atom. The van der Waals surface area contributed by atoms with Gasteiger partial charge in [-0.15, -0.1) is 11.8 Å². The number of nitro groups is 1. The van der Waals surface area contributed by atoms with Crippen LogP contribution < -0.4 is 0 Å². The largest absolute Gasteiger partial charge is 0.467 e. The number of rotatable bonds is 6. The summed E-state index contributed by atoms with van der Waals surface area (Å²) in [5.41, 5.74) is 0.601. The number of para-hydroxylation sites is 1. The average molecular weight is 333 g/mol. The van der Waals surface area contributed by atoms with Crippen LogP contribution in [0, 0.1) is 10.1 Å². The minimum Gasteiger partial charge on any atom is -0.467 e. The number of carbonyl (C=O) groups excluding carboxylic acids is 1. The molecule has 0 saturated heterocycles. The Morgan fingerprint density at radius 1 is 1.17 bits per heavy atom. The van der Waals surface area contributed by atoms with E-state index in [9.17, 15) is 20.0 Å². The highest BCUT2D eigenvalue weighted by atomic mass is 32.2. The number of ether oxygens (including phenoxy) is 1. The summed E-state index contributed by atoms with van der Waals surface area (Å²) in [4.78, 5) is 22.7. The average Bonchev–Trinajstić information content (AvgIpc) is 2.59. The van der Waals surface area contributed by atoms with Gasteiger partial charge in [0.05, 0.1) is 22.2 Å². The molecular weight excluding hydrogens is 318 g/mol. The van der Waals surface area contributed by atoms with Gasteiger partial charge in [-0.25, -0.2) is 4.79 Å². The van der Waals surface area contributed by atoms with Crippen molar-refractivity contribution in [2.24, 2.45) is 0 Å². The van der Waals surface area contributed by atoms with Gasteiger partial charge >= 0.3 is 5.97 Å². The number of benzene rings is 2. The number of nitrogens with zero attached hydrogens (tertiary/aromatic N) is 1. The number of hydrogen-bond donors (Lipinski definition) is 1. The number of thioether (sulfide) groups is 1. The van der Waals surface area contributed by atoms with Crippen LogP contribution in [0.2, 0.25) is 0 Å². The molecule has 2 unspecified atom stereocenters. The lowest BCUT2D eigenvalue weighted by molar-refractivity contribution is -0.387. The molecule has 2 rings (SSSR count). The van der Waals surface area contributed by atoms with Crippen LogP contribution in [0.25, 0.3) is 0 Å². The van der Waals surface area contributed by atoms with Gasteiger partial charge in [0.15, 0.2) is 6.10 Å². The molecule has 0 aromatic heterocycles. The molecule has 0 heterocycles. The van der Waals surface area contributed by atoms with Crippen LogP contribution in [0.15, 0.2) is 59.5 Å². The number of hydrogen-bond acceptors (Lipinski definition) is 6. The fraction of sp³-hybridized carbons (Fsp3) is 0.188. The lowest BCUT2D eigenvalue weighted by Gasteiger charge is -2.21. The normalized spacial score (nSPS) is 13.1. The summed E-state index contributed by atoms with van der Waals surface area (Å²) >= 11 is 1.06. The van der Waals surface area contributed by atoms with Crippen LogP contribution in [0.4, 0.5) is 5.69 Å². The molecule has 1 N–H and O–H groups in total. The Balaban J connectivity index is 2.40. The smallest absolute Gasteiger partial charge is 0.336 e. The molecular formula is C16H15NO5S. The standard InChI is InChI=1S/C16H15NO5S/c1-22-16(19)14(18)15(11-7-3-2-4-8-11)23-13-10-6-5-9-12(13)17(20)21/h2-10,14-15,18H,1H3. The van der Waals surface area contributed by atoms with Gasteiger partial charge in [-0.1, -0.05) is 42.5 Å². The van der Waals surface area contributed by atoms with Gasteiger partial charge in [0.2, 0.25) is 0 Å². The zero-order chi connectivity index (χ0) is 16.8. The molecule has 0 aliphatic heterocycles. The van der Waals surface area contributed by atoms with E-state index in [0.29, 0.717) is 10.5 Å². The van der Waals surface area contributed by atoms with Gasteiger partial charge in [-0.3, -0.25) is 10.1 Å². The van der Waals surface area contributed by atoms with Crippen molar-refractivity contribution in [3.63, 3.8) is 0 Å². The highest BCUT2D eigenvalue weighted by Gasteiger charge is 2.31. The molecule has 0 bridgehead atoms. The van der Waals surface area contributed by atoms with Gasteiger partial charge in [0.1, 0.15) is 0 Å². The molecule has 0 spiro atoms. The van der Waals surface area contributed by atoms with Crippen molar-refractivity contribution >= 4 is 23.4 Å². The third kappa shape index (κ3) is 4.08. The van der Waals surface area contributed by atoms with Crippen LogP contribution in [0.1, 0.15) is 10.8 Å². The first-order chi connectivity index (χ1) is 11.0. The summed E-state index contributed by atoms with van der Waals surface area (Å²) in [6.45, 7) is 0. The first-order valence-corrected chi connectivity index (χ1v) is 7.63. The highest BCUT2D eigenvalue weighted by Crippen LogP contribution is 2.41. The molecule has 6 nitrogen and oxygen atoms in total. The minimum atomic E-state index is -1.44. The van der Waals surface area contributed by atoms with Crippen molar-refractivity contribution < 1.29 is 19.6 Å². The summed E-state index contributed by atoms with van der Waals surface area (Å²) in [6.07, 6.45) is -1.44. The molecule has 2 atom stereocenters. The number of esters is 1. The molecule has 0 aliphatic carbocycles. The third-order valence-electron chi connectivity index (χ3n) is 3.17. The van der Waals surface area contributed by atoms with Crippen LogP contribution in [0.3, 0.4) is 0 Å². The molecule has 0 radical (unpaired) electrons. The van der Waals surface area contributed by atoms with E-state index in [4.69, 9.17) is 0 Å². The van der Waals surface area contributed by atoms with E-state index in [1.807, 2.05) is 0 Å². The quantitative estimate of drug-likeness (QED) is 0.378. The zero-order valence-corrected chi connectivity index (χ0v) is 13.1. The summed E-state index contributed by atoms with van der Waals surface area (Å²) in [5, 5.41) is 20.7. The molecule has 0 saturated carbocycles. The predicted octanol–water partition coefficient (Wildman–Crippen LogP) is 2.96. The number of methoxy groups -OCH3 is 1. The van der Waals surface area contributed by atoms with Gasteiger partial charge in [-0.05, 0) is 11.6 Å². The Kier molecular flexibility index (Phi) is 5.72. The van der Waals surface area contributed by atoms with E-state index >= 15 is 0 Å². The summed E-state index contributed by atoms with van der Waals surface area (Å²) < 4.78 is 4.59. The second-order valence-electron chi connectivity index (χ2n) is 4.64. The van der Waals surface area contributed by atoms with Crippen molar-refractivity contribution in [3.8, 4) is 0 Å². The Morgan fingerprint density at radius 3 is 2.39 bits per heavy atom. The van der Waals surface area contributed by atoms with Crippen LogP contribution >= 0.6 is 11.8 Å². The van der Waals surface area contributed by atoms with Gasteiger partial charge in [-0.2, -0.15) is 0 Å². The molecule has 2 aromatic rings. The number of aliphatic hydroxyl groups is 1. The van der Waals surface area contributed by atoms with Crippen LogP contribution in [-0.4, -0.2) is 29.2 Å². The number of nitro benzene ring substituents is 1. The summed E-state index contributed by atoms with van der Waals surface area (Å²) in [5.74, 6) is -0.787. The zero-order valence-electron chi connectivity index (χ0n) is 12.3. The summed E-state index contributed by atoms with van der Waals surface area (Å²) in [6, 6.07) is 15.0. The molecule has 0 fully saturated rings. The van der Waals surface area contributed by atoms with Crippen molar-refractivity contribution in [2.75, 3.05) is 7.11 Å². The fourth-order valence-corrected chi connectivity index (χ4v) is 3.27.